The van der Waals surface area contributed by atoms with Crippen molar-refractivity contribution in [1.82, 2.24) is 0 Å². The number of benzene rings is 2. The van der Waals surface area contributed by atoms with E-state index in [-0.39, 0.29) is 39.0 Å². The summed E-state index contributed by atoms with van der Waals surface area (Å²) in [5.74, 6) is 1.11. The molecule has 1 fully saturated rings. The highest BCUT2D eigenvalue weighted by Crippen LogP contribution is 2.46. The van der Waals surface area contributed by atoms with E-state index in [0.29, 0.717) is 29.1 Å². The Morgan fingerprint density at radius 1 is 1.14 bits per heavy atom. The highest BCUT2D eigenvalue weighted by atomic mass is 35.5. The minimum Gasteiger partial charge on any atom is -0.511 e. The van der Waals surface area contributed by atoms with Crippen LogP contribution in [-0.4, -0.2) is 21.0 Å². The summed E-state index contributed by atoms with van der Waals surface area (Å²) in [6.45, 7) is 2.00. The first kappa shape index (κ1) is 19.5. The summed E-state index contributed by atoms with van der Waals surface area (Å²) < 4.78 is 5.86. The van der Waals surface area contributed by atoms with Crippen molar-refractivity contribution in [3.63, 3.8) is 0 Å². The highest BCUT2D eigenvalue weighted by Gasteiger charge is 2.41. The van der Waals surface area contributed by atoms with Gasteiger partial charge < -0.3 is 9.84 Å². The molecule has 0 spiro atoms. The van der Waals surface area contributed by atoms with Crippen LogP contribution in [0.2, 0.25) is 5.02 Å². The van der Waals surface area contributed by atoms with Crippen LogP contribution in [0.4, 0.5) is 5.69 Å². The van der Waals surface area contributed by atoms with Crippen LogP contribution in [0, 0.1) is 16.7 Å². The molecule has 0 radical (unpaired) electrons. The molecule has 2 atom stereocenters. The second kappa shape index (κ2) is 7.52. The molecule has 1 saturated carbocycles. The van der Waals surface area contributed by atoms with E-state index in [0.717, 1.165) is 24.8 Å². The molecular formula is C22H21ClNO5+. The van der Waals surface area contributed by atoms with Gasteiger partial charge in [0.25, 0.3) is 4.92 Å². The number of aliphatic hydroxyl groups excluding tert-OH is 1. The number of hydrogen-bond acceptors (Lipinski definition) is 4. The van der Waals surface area contributed by atoms with Gasteiger partial charge in [-0.25, -0.2) is 5.21 Å². The number of ether oxygens (including phenoxy) is 1. The van der Waals surface area contributed by atoms with E-state index in [1.807, 2.05) is 13.0 Å². The number of hydrogen-bond donors (Lipinski definition) is 2. The first-order chi connectivity index (χ1) is 13.9. The largest absolute Gasteiger partial charge is 0.511 e. The predicted molar refractivity (Wildman–Crippen MR) is 108 cm³/mol. The van der Waals surface area contributed by atoms with Crippen LogP contribution in [0.5, 0.6) is 11.5 Å². The molecule has 0 aliphatic heterocycles. The Morgan fingerprint density at radius 2 is 1.83 bits per heavy atom. The van der Waals surface area contributed by atoms with Gasteiger partial charge in [0.15, 0.2) is 5.78 Å². The van der Waals surface area contributed by atoms with Gasteiger partial charge in [0.1, 0.15) is 22.3 Å². The molecule has 2 N–H and O–H groups in total. The number of fused-ring (bicyclic) bond motifs is 2. The lowest BCUT2D eigenvalue weighted by molar-refractivity contribution is -0.729. The number of rotatable bonds is 5. The molecule has 0 aromatic heterocycles. The molecule has 2 aromatic carbocycles. The van der Waals surface area contributed by atoms with E-state index in [2.05, 4.69) is 0 Å². The molecule has 6 nitrogen and oxygen atoms in total. The number of ketones is 1. The average Bonchev–Trinajstić information content (AvgIpc) is 3.14. The van der Waals surface area contributed by atoms with E-state index in [1.165, 1.54) is 18.2 Å². The second-order valence-corrected chi connectivity index (χ2v) is 7.90. The maximum Gasteiger partial charge on any atom is 0.335 e. The molecule has 29 heavy (non-hydrogen) atoms. The summed E-state index contributed by atoms with van der Waals surface area (Å²) in [6, 6.07) is 9.73. The Bertz CT molecular complexity index is 1050. The third-order valence-electron chi connectivity index (χ3n) is 5.79. The zero-order chi connectivity index (χ0) is 20.7. The summed E-state index contributed by atoms with van der Waals surface area (Å²) in [6.07, 6.45) is 3.11. The smallest absolute Gasteiger partial charge is 0.335 e. The van der Waals surface area contributed by atoms with Crippen LogP contribution in [0.3, 0.4) is 0 Å². The molecule has 0 heterocycles. The van der Waals surface area contributed by atoms with Gasteiger partial charge in [-0.05, 0) is 55.0 Å². The van der Waals surface area contributed by atoms with Crippen molar-refractivity contribution >= 4 is 28.6 Å². The first-order valence-corrected chi connectivity index (χ1v) is 10.0. The number of carbonyl (C=O) groups excluding carboxylic acids is 1. The summed E-state index contributed by atoms with van der Waals surface area (Å²) in [5.41, 5.74) is 2.00. The van der Waals surface area contributed by atoms with E-state index in [4.69, 9.17) is 21.5 Å². The van der Waals surface area contributed by atoms with E-state index < -0.39 is 0 Å². The fourth-order valence-corrected chi connectivity index (χ4v) is 4.52. The fraction of sp³-hybridized carbons (Fsp3) is 0.318. The van der Waals surface area contributed by atoms with Gasteiger partial charge in [0.2, 0.25) is 0 Å². The molecule has 4 rings (SSSR count). The number of aliphatic hydroxyl groups is 1. The van der Waals surface area contributed by atoms with Gasteiger partial charge in [-0.15, -0.1) is 0 Å². The lowest BCUT2D eigenvalue weighted by atomic mass is 9.81. The number of aryl methyl sites for hydroxylation is 1. The fourth-order valence-electron chi connectivity index (χ4n) is 4.28. The van der Waals surface area contributed by atoms with Crippen LogP contribution < -0.4 is 4.74 Å². The summed E-state index contributed by atoms with van der Waals surface area (Å²) >= 11 is 6.00. The van der Waals surface area contributed by atoms with Crippen molar-refractivity contribution in [2.75, 3.05) is 0 Å². The molecule has 2 aliphatic rings. The molecule has 2 bridgehead atoms. The zero-order valence-electron chi connectivity index (χ0n) is 15.9. The molecule has 2 aliphatic carbocycles. The van der Waals surface area contributed by atoms with Gasteiger partial charge in [-0.1, -0.05) is 24.6 Å². The molecular weight excluding hydrogens is 394 g/mol. The summed E-state index contributed by atoms with van der Waals surface area (Å²) in [5, 5.41) is 19.8. The Balaban J connectivity index is 1.71. The zero-order valence-corrected chi connectivity index (χ0v) is 16.6. The SMILES string of the molecule is CCc1ccc(Oc2ccc([N+](=O)O)c(Cl)c2)cc1C1=C(O)[C@H]2CC[C@H](C2)C1=O. The molecule has 150 valence electrons. The van der Waals surface area contributed by atoms with Crippen molar-refractivity contribution < 1.29 is 24.8 Å². The average molecular weight is 415 g/mol. The van der Waals surface area contributed by atoms with Crippen LogP contribution in [0.15, 0.2) is 42.2 Å². The number of Topliss-reactive ketones (excluding diaryl/α,β-unsaturated/α-hetero) is 1. The van der Waals surface area contributed by atoms with Gasteiger partial charge in [-0.3, -0.25) is 4.79 Å². The van der Waals surface area contributed by atoms with E-state index in [1.54, 1.807) is 12.1 Å². The van der Waals surface area contributed by atoms with Gasteiger partial charge in [-0.2, -0.15) is 0 Å². The van der Waals surface area contributed by atoms with E-state index >= 15 is 0 Å². The van der Waals surface area contributed by atoms with Crippen molar-refractivity contribution in [3.8, 4) is 11.5 Å². The predicted octanol–water partition coefficient (Wildman–Crippen LogP) is 5.76. The monoisotopic (exact) mass is 414 g/mol. The molecule has 0 amide bonds. The minimum absolute atomic E-state index is 0.00832. The third kappa shape index (κ3) is 3.49. The summed E-state index contributed by atoms with van der Waals surface area (Å²) in [7, 11) is 0. The standard InChI is InChI=1S/C22H20ClNO5/c1-2-12-5-6-15(29-16-7-8-19(24(27)28)18(23)11-16)10-17(12)20-21(25)13-3-4-14(9-13)22(20)26/h5-8,10-11,13-14H,2-4,9H2,1H3,(H-,25,26,27,28)/p+1/t13-,14+. The van der Waals surface area contributed by atoms with Crippen molar-refractivity contribution in [2.24, 2.45) is 11.8 Å². The Hall–Kier alpha value is -2.86. The number of allylic oxidation sites excluding steroid dienone is 2. The maximum atomic E-state index is 12.9. The lowest BCUT2D eigenvalue weighted by Gasteiger charge is -2.23. The minimum atomic E-state index is -0.307. The quantitative estimate of drug-likeness (QED) is 0.607. The summed E-state index contributed by atoms with van der Waals surface area (Å²) in [4.78, 5) is 23.7. The maximum absolute atomic E-state index is 12.9. The van der Waals surface area contributed by atoms with Crippen LogP contribution in [-0.2, 0) is 11.2 Å². The molecule has 7 heteroatoms. The Kier molecular flexibility index (Phi) is 5.04. The Labute approximate surface area is 172 Å². The van der Waals surface area contributed by atoms with Crippen LogP contribution in [0.25, 0.3) is 5.57 Å². The van der Waals surface area contributed by atoms with Crippen LogP contribution in [0.1, 0.15) is 37.3 Å². The Morgan fingerprint density at radius 3 is 2.52 bits per heavy atom. The van der Waals surface area contributed by atoms with Crippen molar-refractivity contribution in [2.45, 2.75) is 32.6 Å². The van der Waals surface area contributed by atoms with Gasteiger partial charge in [0, 0.05) is 24.0 Å². The number of carbonyl (C=O) groups is 1. The molecule has 0 unspecified atom stereocenters. The van der Waals surface area contributed by atoms with Crippen LogP contribution >= 0.6 is 11.6 Å². The van der Waals surface area contributed by atoms with E-state index in [9.17, 15) is 14.8 Å². The third-order valence-corrected chi connectivity index (χ3v) is 6.09. The normalized spacial score (nSPS) is 20.8. The number of nitrogens with zero attached hydrogens (tertiary/aromatic N) is 1. The van der Waals surface area contributed by atoms with Crippen molar-refractivity contribution in [3.05, 3.63) is 63.2 Å². The second-order valence-electron chi connectivity index (χ2n) is 7.49. The van der Waals surface area contributed by atoms with Crippen molar-refractivity contribution in [1.29, 1.82) is 0 Å². The lowest BCUT2D eigenvalue weighted by Crippen LogP contribution is -2.21. The van der Waals surface area contributed by atoms with Gasteiger partial charge in [0.05, 0.1) is 10.5 Å². The number of halogens is 1. The topological polar surface area (TPSA) is 86.8 Å². The molecule has 2 aromatic rings. The van der Waals surface area contributed by atoms with Gasteiger partial charge >= 0.3 is 5.69 Å². The molecule has 0 saturated heterocycles. The highest BCUT2D eigenvalue weighted by molar-refractivity contribution is 6.32. The first-order valence-electron chi connectivity index (χ1n) is 9.63.